The van der Waals surface area contributed by atoms with Gasteiger partial charge in [0.1, 0.15) is 35.5 Å². The second-order valence-corrected chi connectivity index (χ2v) is 9.77. The van der Waals surface area contributed by atoms with Gasteiger partial charge in [-0.15, -0.1) is 0 Å². The van der Waals surface area contributed by atoms with E-state index < -0.39 is 35.2 Å². The molecule has 3 atom stereocenters. The third-order valence-electron chi connectivity index (χ3n) is 7.49. The zero-order valence-corrected chi connectivity index (χ0v) is 19.6. The van der Waals surface area contributed by atoms with Crippen molar-refractivity contribution in [2.24, 2.45) is 0 Å². The summed E-state index contributed by atoms with van der Waals surface area (Å²) in [5.74, 6) is -3.76. The van der Waals surface area contributed by atoms with Crippen molar-refractivity contribution < 1.29 is 39.2 Å². The van der Waals surface area contributed by atoms with Gasteiger partial charge in [0.2, 0.25) is 0 Å². The largest absolute Gasteiger partial charge is 0.508 e. The lowest BCUT2D eigenvalue weighted by molar-refractivity contribution is -0.150. The number of hydrogen-bond donors (Lipinski definition) is 3. The topological polar surface area (TPSA) is 130 Å². The number of fused-ring (bicyclic) bond motifs is 5. The van der Waals surface area contributed by atoms with Crippen molar-refractivity contribution in [3.63, 3.8) is 0 Å². The van der Waals surface area contributed by atoms with E-state index in [4.69, 9.17) is 21.1 Å². The summed E-state index contributed by atoms with van der Waals surface area (Å²) < 4.78 is 11.3. The van der Waals surface area contributed by atoms with Crippen LogP contribution in [0.3, 0.4) is 0 Å². The summed E-state index contributed by atoms with van der Waals surface area (Å²) in [6.07, 6.45) is -1.16. The van der Waals surface area contributed by atoms with E-state index in [1.807, 2.05) is 0 Å². The third-order valence-corrected chi connectivity index (χ3v) is 7.87. The van der Waals surface area contributed by atoms with Crippen LogP contribution in [0.1, 0.15) is 61.4 Å². The highest BCUT2D eigenvalue weighted by atomic mass is 35.5. The second kappa shape index (κ2) is 6.66. The first-order chi connectivity index (χ1) is 16.5. The molecule has 0 saturated heterocycles. The Morgan fingerprint density at radius 3 is 2.49 bits per heavy atom. The lowest BCUT2D eigenvalue weighted by Gasteiger charge is -2.44. The summed E-state index contributed by atoms with van der Waals surface area (Å²) in [7, 11) is 0. The lowest BCUT2D eigenvalue weighted by atomic mass is 9.63. The van der Waals surface area contributed by atoms with Crippen LogP contribution in [0, 0.1) is 13.8 Å². The first kappa shape index (κ1) is 21.7. The molecule has 3 aromatic carbocycles. The van der Waals surface area contributed by atoms with E-state index in [-0.39, 0.29) is 51.1 Å². The number of carbonyl (C=O) groups is 3. The van der Waals surface area contributed by atoms with Crippen molar-refractivity contribution in [1.29, 1.82) is 0 Å². The molecule has 0 aromatic heterocycles. The summed E-state index contributed by atoms with van der Waals surface area (Å²) in [5.41, 5.74) is 0.348. The van der Waals surface area contributed by atoms with E-state index in [0.29, 0.717) is 27.5 Å². The van der Waals surface area contributed by atoms with Crippen molar-refractivity contribution in [3.8, 4) is 17.2 Å². The molecule has 1 heterocycles. The average molecular weight is 495 g/mol. The Bertz CT molecular complexity index is 1570. The monoisotopic (exact) mass is 494 g/mol. The van der Waals surface area contributed by atoms with Gasteiger partial charge in [0.05, 0.1) is 16.4 Å². The van der Waals surface area contributed by atoms with Gasteiger partial charge in [-0.3, -0.25) is 9.59 Å². The van der Waals surface area contributed by atoms with Crippen molar-refractivity contribution in [3.05, 3.63) is 62.2 Å². The van der Waals surface area contributed by atoms with Crippen molar-refractivity contribution in [2.45, 2.75) is 38.2 Å². The molecule has 1 spiro atoms. The third kappa shape index (κ3) is 2.40. The van der Waals surface area contributed by atoms with Crippen LogP contribution in [0.2, 0.25) is 5.02 Å². The molecule has 0 amide bonds. The van der Waals surface area contributed by atoms with E-state index in [2.05, 4.69) is 0 Å². The Morgan fingerprint density at radius 1 is 1.09 bits per heavy atom. The fourth-order valence-corrected chi connectivity index (χ4v) is 6.66. The highest BCUT2D eigenvalue weighted by molar-refractivity contribution is 6.38. The van der Waals surface area contributed by atoms with Crippen LogP contribution in [0.25, 0.3) is 10.8 Å². The molecule has 2 bridgehead atoms. The summed E-state index contributed by atoms with van der Waals surface area (Å²) >= 11 is 6.62. The number of ether oxygens (including phenoxy) is 2. The van der Waals surface area contributed by atoms with Crippen LogP contribution in [-0.4, -0.2) is 45.8 Å². The standard InChI is InChI=1S/C26H19ClO8/c1-8-4-11(29)6-12-14(8)17-18-22(31)15-9(2)5-13(30)16-19(15)26(7-34-25(16)33,24(18)35-10(3)28)20(17)23(32)21(12)27/h4-6,18,24,29-30,32H,7H2,1-3H3/t18-,24-,26-/m0/s1. The van der Waals surface area contributed by atoms with Crippen molar-refractivity contribution >= 4 is 40.1 Å². The Morgan fingerprint density at radius 2 is 1.80 bits per heavy atom. The summed E-state index contributed by atoms with van der Waals surface area (Å²) in [6.45, 7) is 4.25. The molecule has 0 unspecified atom stereocenters. The van der Waals surface area contributed by atoms with Gasteiger partial charge >= 0.3 is 11.9 Å². The first-order valence-corrected chi connectivity index (χ1v) is 11.3. The molecular weight excluding hydrogens is 476 g/mol. The van der Waals surface area contributed by atoms with Crippen molar-refractivity contribution in [1.82, 2.24) is 0 Å². The van der Waals surface area contributed by atoms with Crippen LogP contribution in [-0.2, 0) is 19.7 Å². The second-order valence-electron chi connectivity index (χ2n) is 9.39. The molecule has 8 nitrogen and oxygen atoms in total. The summed E-state index contributed by atoms with van der Waals surface area (Å²) in [6, 6.07) is 4.24. The van der Waals surface area contributed by atoms with Gasteiger partial charge in [0.25, 0.3) is 0 Å². The van der Waals surface area contributed by atoms with E-state index in [9.17, 15) is 29.7 Å². The predicted molar refractivity (Wildman–Crippen MR) is 124 cm³/mol. The molecule has 178 valence electrons. The maximum absolute atomic E-state index is 14.1. The van der Waals surface area contributed by atoms with Crippen LogP contribution >= 0.6 is 11.6 Å². The lowest BCUT2D eigenvalue weighted by Crippen LogP contribution is -2.54. The predicted octanol–water partition coefficient (Wildman–Crippen LogP) is 3.91. The number of rotatable bonds is 1. The van der Waals surface area contributed by atoms with Gasteiger partial charge in [-0.05, 0) is 59.7 Å². The van der Waals surface area contributed by atoms with E-state index in [0.717, 1.165) is 0 Å². The minimum absolute atomic E-state index is 0.0643. The first-order valence-electron chi connectivity index (χ1n) is 10.9. The van der Waals surface area contributed by atoms with Crippen LogP contribution in [0.4, 0.5) is 0 Å². The van der Waals surface area contributed by atoms with E-state index in [1.165, 1.54) is 25.1 Å². The number of phenolic OH excluding ortho intramolecular Hbond substituents is 3. The smallest absolute Gasteiger partial charge is 0.342 e. The molecule has 1 aliphatic heterocycles. The fourth-order valence-electron chi connectivity index (χ4n) is 6.42. The number of cyclic esters (lactones) is 1. The normalized spacial score (nSPS) is 23.7. The molecule has 0 fully saturated rings. The number of aromatic hydroxyl groups is 3. The highest BCUT2D eigenvalue weighted by Gasteiger charge is 2.67. The number of halogens is 1. The maximum atomic E-state index is 14.1. The Balaban J connectivity index is 1.89. The Hall–Kier alpha value is -3.78. The molecular formula is C26H19ClO8. The Kier molecular flexibility index (Phi) is 4.14. The number of benzene rings is 3. The van der Waals surface area contributed by atoms with Gasteiger partial charge in [-0.2, -0.15) is 0 Å². The quantitative estimate of drug-likeness (QED) is 0.434. The molecule has 35 heavy (non-hydrogen) atoms. The Labute approximate surface area is 203 Å². The van der Waals surface area contributed by atoms with Gasteiger partial charge < -0.3 is 24.8 Å². The van der Waals surface area contributed by atoms with E-state index >= 15 is 0 Å². The number of carbonyl (C=O) groups excluding carboxylic acids is 3. The number of phenols is 3. The number of aryl methyl sites for hydroxylation is 2. The fraction of sp³-hybridized carbons (Fsp3) is 0.269. The summed E-state index contributed by atoms with van der Waals surface area (Å²) in [5, 5.41) is 33.2. The summed E-state index contributed by atoms with van der Waals surface area (Å²) in [4.78, 5) is 39.2. The zero-order chi connectivity index (χ0) is 25.1. The number of Topliss-reactive ketones (excluding diaryl/α,β-unsaturated/α-hetero) is 1. The number of esters is 2. The van der Waals surface area contributed by atoms with Crippen LogP contribution < -0.4 is 0 Å². The zero-order valence-electron chi connectivity index (χ0n) is 18.9. The molecule has 0 saturated carbocycles. The molecule has 3 aromatic rings. The molecule has 3 N–H and O–H groups in total. The molecule has 0 radical (unpaired) electrons. The number of ketones is 1. The van der Waals surface area contributed by atoms with Crippen molar-refractivity contribution in [2.75, 3.05) is 6.61 Å². The number of hydrogen-bond acceptors (Lipinski definition) is 8. The van der Waals surface area contributed by atoms with Gasteiger partial charge in [-0.25, -0.2) is 4.79 Å². The average Bonchev–Trinajstić information content (AvgIpc) is 2.97. The SMILES string of the molecule is CC(=O)O[C@H]1[C@@H]2C(=O)c3c(C)cc(O)c4c3[C@@]1(COC4=O)c1c(O)c(Cl)c3cc(O)cc(C)c3c12. The van der Waals surface area contributed by atoms with Gasteiger partial charge in [0.15, 0.2) is 5.78 Å². The van der Waals surface area contributed by atoms with Gasteiger partial charge in [0, 0.05) is 23.4 Å². The minimum atomic E-state index is -1.48. The minimum Gasteiger partial charge on any atom is -0.508 e. The van der Waals surface area contributed by atoms with Gasteiger partial charge in [-0.1, -0.05) is 11.6 Å². The molecule has 2 aliphatic carbocycles. The van der Waals surface area contributed by atoms with E-state index in [1.54, 1.807) is 13.8 Å². The molecule has 9 heteroatoms. The highest BCUT2D eigenvalue weighted by Crippen LogP contribution is 2.65. The van der Waals surface area contributed by atoms with Crippen LogP contribution in [0.5, 0.6) is 17.2 Å². The van der Waals surface area contributed by atoms with Crippen LogP contribution in [0.15, 0.2) is 18.2 Å². The molecule has 3 aliphatic rings. The molecule has 6 rings (SSSR count). The maximum Gasteiger partial charge on any atom is 0.342 e.